The topological polar surface area (TPSA) is 33.2 Å². The number of pyridine rings is 1. The summed E-state index contributed by atoms with van der Waals surface area (Å²) in [4.78, 5) is 18.2. The smallest absolute Gasteiger partial charge is 0.177 e. The molecule has 1 heterocycles. The zero-order chi connectivity index (χ0) is 14.4. The Hall–Kier alpha value is -1.52. The highest BCUT2D eigenvalue weighted by molar-refractivity contribution is 9.10. The molecular weight excluding hydrogens is 316 g/mol. The number of nitrogens with zero attached hydrogens (tertiary/aromatic N) is 2. The van der Waals surface area contributed by atoms with Crippen molar-refractivity contribution in [3.05, 3.63) is 64.4 Å². The maximum atomic E-state index is 12.2. The van der Waals surface area contributed by atoms with Crippen LogP contribution in [0.15, 0.2) is 53.3 Å². The molecule has 2 aromatic rings. The third-order valence-electron chi connectivity index (χ3n) is 3.12. The van der Waals surface area contributed by atoms with Crippen LogP contribution >= 0.6 is 15.9 Å². The van der Waals surface area contributed by atoms with Crippen molar-refractivity contribution < 1.29 is 4.79 Å². The molecule has 0 N–H and O–H groups in total. The van der Waals surface area contributed by atoms with Crippen molar-refractivity contribution in [3.63, 3.8) is 0 Å². The Labute approximate surface area is 127 Å². The van der Waals surface area contributed by atoms with E-state index < -0.39 is 0 Å². The third-order valence-corrected chi connectivity index (χ3v) is 3.81. The molecule has 0 saturated heterocycles. The summed E-state index contributed by atoms with van der Waals surface area (Å²) in [6, 6.07) is 11.5. The predicted octanol–water partition coefficient (Wildman–Crippen LogP) is 3.20. The number of likely N-dealkylation sites (N-methyl/N-ethyl adjacent to an activating group) is 1. The number of carbonyl (C=O) groups is 1. The summed E-state index contributed by atoms with van der Waals surface area (Å²) >= 11 is 3.42. The molecule has 1 aromatic heterocycles. The molecule has 2 rings (SSSR count). The molecule has 104 valence electrons. The average Bonchev–Trinajstić information content (AvgIpc) is 2.46. The standard InChI is InChI=1S/C16H17BrN2O/c1-19(11-8-13-6-9-18-10-7-13)12-16(20)14-4-2-3-5-15(14)17/h2-7,9-10H,8,11-12H2,1H3. The van der Waals surface area contributed by atoms with Crippen LogP contribution in [-0.2, 0) is 6.42 Å². The Morgan fingerprint density at radius 2 is 1.90 bits per heavy atom. The zero-order valence-corrected chi connectivity index (χ0v) is 13.0. The molecule has 4 heteroatoms. The van der Waals surface area contributed by atoms with Gasteiger partial charge in [-0.15, -0.1) is 0 Å². The van der Waals surface area contributed by atoms with E-state index in [1.807, 2.05) is 48.3 Å². The molecule has 0 unspecified atom stereocenters. The van der Waals surface area contributed by atoms with Crippen molar-refractivity contribution >= 4 is 21.7 Å². The first-order valence-corrected chi connectivity index (χ1v) is 7.31. The van der Waals surface area contributed by atoms with Gasteiger partial charge in [0.1, 0.15) is 0 Å². The molecule has 0 aliphatic carbocycles. The van der Waals surface area contributed by atoms with Gasteiger partial charge < -0.3 is 0 Å². The number of aromatic nitrogens is 1. The van der Waals surface area contributed by atoms with Gasteiger partial charge in [0.15, 0.2) is 5.78 Å². The number of halogens is 1. The lowest BCUT2D eigenvalue weighted by atomic mass is 10.1. The SMILES string of the molecule is CN(CCc1ccncc1)CC(=O)c1ccccc1Br. The summed E-state index contributed by atoms with van der Waals surface area (Å²) in [7, 11) is 1.97. The van der Waals surface area contributed by atoms with Crippen molar-refractivity contribution in [2.24, 2.45) is 0 Å². The largest absolute Gasteiger partial charge is 0.299 e. The first kappa shape index (κ1) is 14.9. The number of hydrogen-bond acceptors (Lipinski definition) is 3. The molecule has 0 spiro atoms. The van der Waals surface area contributed by atoms with E-state index in [1.165, 1.54) is 5.56 Å². The van der Waals surface area contributed by atoms with Gasteiger partial charge in [0.25, 0.3) is 0 Å². The van der Waals surface area contributed by atoms with Gasteiger partial charge in [0, 0.05) is 29.0 Å². The maximum absolute atomic E-state index is 12.2. The molecule has 0 atom stereocenters. The van der Waals surface area contributed by atoms with Gasteiger partial charge in [-0.05, 0) is 37.2 Å². The fraction of sp³-hybridized carbons (Fsp3) is 0.250. The van der Waals surface area contributed by atoms with Crippen LogP contribution in [0, 0.1) is 0 Å². The van der Waals surface area contributed by atoms with Crippen LogP contribution in [0.5, 0.6) is 0 Å². The van der Waals surface area contributed by atoms with Crippen LogP contribution in [0.3, 0.4) is 0 Å². The van der Waals surface area contributed by atoms with E-state index in [0.29, 0.717) is 6.54 Å². The minimum atomic E-state index is 0.134. The predicted molar refractivity (Wildman–Crippen MR) is 83.9 cm³/mol. The van der Waals surface area contributed by atoms with Gasteiger partial charge in [-0.2, -0.15) is 0 Å². The second kappa shape index (κ2) is 7.31. The second-order valence-corrected chi connectivity index (χ2v) is 5.60. The first-order chi connectivity index (χ1) is 9.66. The van der Waals surface area contributed by atoms with Crippen molar-refractivity contribution in [1.82, 2.24) is 9.88 Å². The van der Waals surface area contributed by atoms with Crippen LogP contribution < -0.4 is 0 Å². The van der Waals surface area contributed by atoms with Gasteiger partial charge in [-0.3, -0.25) is 14.7 Å². The molecular formula is C16H17BrN2O. The molecule has 0 aliphatic rings. The van der Waals surface area contributed by atoms with Crippen molar-refractivity contribution in [2.75, 3.05) is 20.1 Å². The molecule has 0 bridgehead atoms. The highest BCUT2D eigenvalue weighted by Gasteiger charge is 2.11. The summed E-state index contributed by atoms with van der Waals surface area (Å²) < 4.78 is 0.854. The number of ketones is 1. The number of carbonyl (C=O) groups excluding carboxylic acids is 1. The normalized spacial score (nSPS) is 10.8. The molecule has 0 amide bonds. The van der Waals surface area contributed by atoms with Gasteiger partial charge in [0.05, 0.1) is 6.54 Å². The summed E-state index contributed by atoms with van der Waals surface area (Å²) in [5.74, 6) is 0.134. The van der Waals surface area contributed by atoms with E-state index in [0.717, 1.165) is 23.0 Å². The van der Waals surface area contributed by atoms with E-state index in [1.54, 1.807) is 12.4 Å². The minimum Gasteiger partial charge on any atom is -0.299 e. The highest BCUT2D eigenvalue weighted by atomic mass is 79.9. The lowest BCUT2D eigenvalue weighted by Crippen LogP contribution is -2.28. The van der Waals surface area contributed by atoms with Crippen molar-refractivity contribution in [2.45, 2.75) is 6.42 Å². The zero-order valence-electron chi connectivity index (χ0n) is 11.4. The van der Waals surface area contributed by atoms with E-state index in [2.05, 4.69) is 20.9 Å². The van der Waals surface area contributed by atoms with Crippen molar-refractivity contribution in [1.29, 1.82) is 0 Å². The van der Waals surface area contributed by atoms with Crippen LogP contribution in [0.25, 0.3) is 0 Å². The molecule has 20 heavy (non-hydrogen) atoms. The molecule has 3 nitrogen and oxygen atoms in total. The van der Waals surface area contributed by atoms with Gasteiger partial charge in [-0.1, -0.05) is 34.1 Å². The van der Waals surface area contributed by atoms with E-state index in [4.69, 9.17) is 0 Å². The summed E-state index contributed by atoms with van der Waals surface area (Å²) in [5.41, 5.74) is 1.98. The third kappa shape index (κ3) is 4.25. The summed E-state index contributed by atoms with van der Waals surface area (Å²) in [6.45, 7) is 1.27. The molecule has 0 fully saturated rings. The fourth-order valence-corrected chi connectivity index (χ4v) is 2.47. The lowest BCUT2D eigenvalue weighted by molar-refractivity contribution is 0.0946. The summed E-state index contributed by atoms with van der Waals surface area (Å²) in [5, 5.41) is 0. The Bertz CT molecular complexity index is 572. The number of benzene rings is 1. The molecule has 0 radical (unpaired) electrons. The number of Topliss-reactive ketones (excluding diaryl/α,β-unsaturated/α-hetero) is 1. The molecule has 1 aromatic carbocycles. The minimum absolute atomic E-state index is 0.134. The fourth-order valence-electron chi connectivity index (χ4n) is 1.97. The summed E-state index contributed by atoms with van der Waals surface area (Å²) in [6.07, 6.45) is 4.51. The van der Waals surface area contributed by atoms with Crippen LogP contribution in [0.4, 0.5) is 0 Å². The number of hydrogen-bond donors (Lipinski definition) is 0. The Balaban J connectivity index is 1.87. The quantitative estimate of drug-likeness (QED) is 0.761. The Morgan fingerprint density at radius 1 is 1.20 bits per heavy atom. The van der Waals surface area contributed by atoms with Crippen molar-refractivity contribution in [3.8, 4) is 0 Å². The Morgan fingerprint density at radius 3 is 2.60 bits per heavy atom. The maximum Gasteiger partial charge on any atom is 0.177 e. The molecule has 0 aliphatic heterocycles. The van der Waals surface area contributed by atoms with Gasteiger partial charge in [0.2, 0.25) is 0 Å². The lowest BCUT2D eigenvalue weighted by Gasteiger charge is -2.16. The van der Waals surface area contributed by atoms with E-state index in [-0.39, 0.29) is 5.78 Å². The second-order valence-electron chi connectivity index (χ2n) is 4.75. The first-order valence-electron chi connectivity index (χ1n) is 6.52. The number of rotatable bonds is 6. The van der Waals surface area contributed by atoms with E-state index >= 15 is 0 Å². The highest BCUT2D eigenvalue weighted by Crippen LogP contribution is 2.16. The molecule has 0 saturated carbocycles. The van der Waals surface area contributed by atoms with Crippen LogP contribution in [0.1, 0.15) is 15.9 Å². The van der Waals surface area contributed by atoms with Crippen LogP contribution in [0.2, 0.25) is 0 Å². The monoisotopic (exact) mass is 332 g/mol. The van der Waals surface area contributed by atoms with Gasteiger partial charge >= 0.3 is 0 Å². The van der Waals surface area contributed by atoms with Gasteiger partial charge in [-0.25, -0.2) is 0 Å². The van der Waals surface area contributed by atoms with Crippen LogP contribution in [-0.4, -0.2) is 35.8 Å². The van der Waals surface area contributed by atoms with E-state index in [9.17, 15) is 4.79 Å². The Kier molecular flexibility index (Phi) is 5.44. The average molecular weight is 333 g/mol.